The lowest BCUT2D eigenvalue weighted by molar-refractivity contribution is -0.130. The molecule has 1 saturated heterocycles. The molecule has 1 unspecified atom stereocenters. The van der Waals surface area contributed by atoms with E-state index < -0.39 is 23.5 Å². The lowest BCUT2D eigenvalue weighted by Gasteiger charge is -2.18. The number of thioether (sulfide) groups is 2. The number of nitrogens with zero attached hydrogens (tertiary/aromatic N) is 3. The highest BCUT2D eigenvalue weighted by molar-refractivity contribution is 7.98. The number of benzene rings is 2. The molecule has 3 heterocycles. The summed E-state index contributed by atoms with van der Waals surface area (Å²) in [6.45, 7) is 5.05. The molecule has 1 atom stereocenters. The molecule has 49 heavy (non-hydrogen) atoms. The molecule has 2 aromatic heterocycles. The van der Waals surface area contributed by atoms with Crippen molar-refractivity contribution in [3.8, 4) is 23.3 Å². The second-order valence-corrected chi connectivity index (χ2v) is 13.0. The molecule has 4 aromatic rings. The number of pyridine rings is 2. The zero-order valence-corrected chi connectivity index (χ0v) is 28.9. The van der Waals surface area contributed by atoms with E-state index in [2.05, 4.69) is 15.3 Å². The Bertz CT molecular complexity index is 1790. The van der Waals surface area contributed by atoms with E-state index in [4.69, 9.17) is 14.6 Å². The Morgan fingerprint density at radius 1 is 0.898 bits per heavy atom. The summed E-state index contributed by atoms with van der Waals surface area (Å²) in [6, 6.07) is 16.3. The summed E-state index contributed by atoms with van der Waals surface area (Å²) in [6.07, 6.45) is 6.95. The number of halogens is 2. The van der Waals surface area contributed by atoms with Gasteiger partial charge in [-0.25, -0.2) is 23.5 Å². The van der Waals surface area contributed by atoms with Gasteiger partial charge in [0.05, 0.1) is 12.4 Å². The van der Waals surface area contributed by atoms with Gasteiger partial charge in [0.15, 0.2) is 0 Å². The fraction of sp³-hybridized carbons (Fsp3) is 0.286. The van der Waals surface area contributed by atoms with Gasteiger partial charge in [-0.1, -0.05) is 26.0 Å². The standard InChI is InChI=1S/C22H26FN3O3S.C13H10FNO3S/c1-14(2)9-20(27)26-8-7-16(13-26)25-21(28)19-10-15(23)12-24-22(19)29-17-5-4-6-18(11-17)30-3;1-19-10-4-2-3-9(6-10)18-12-11(13(16)17)5-8(14)7-15-12/h4-6,10-12,14,16H,7-9,13H2,1-3H3,(H,25,28);2-7H,1H3,(H,16,17). The summed E-state index contributed by atoms with van der Waals surface area (Å²) in [5.41, 5.74) is -0.286. The molecule has 2 amide bonds. The van der Waals surface area contributed by atoms with Crippen molar-refractivity contribution < 1.29 is 37.7 Å². The number of aromatic carboxylic acids is 1. The van der Waals surface area contributed by atoms with Crippen molar-refractivity contribution in [1.29, 1.82) is 0 Å². The monoisotopic (exact) mass is 710 g/mol. The van der Waals surface area contributed by atoms with Crippen molar-refractivity contribution in [3.05, 3.63) is 95.8 Å². The molecule has 0 aliphatic carbocycles. The number of hydrogen-bond acceptors (Lipinski definition) is 9. The molecule has 2 aromatic carbocycles. The minimum Gasteiger partial charge on any atom is -0.477 e. The second kappa shape index (κ2) is 17.6. The molecule has 0 saturated carbocycles. The first-order chi connectivity index (χ1) is 23.4. The summed E-state index contributed by atoms with van der Waals surface area (Å²) in [5, 5.41) is 11.9. The van der Waals surface area contributed by atoms with Crippen molar-refractivity contribution in [2.45, 2.75) is 42.5 Å². The first-order valence-electron chi connectivity index (χ1n) is 15.2. The third-order valence-electron chi connectivity index (χ3n) is 7.08. The van der Waals surface area contributed by atoms with E-state index in [9.17, 15) is 23.2 Å². The van der Waals surface area contributed by atoms with Crippen LogP contribution in [0.4, 0.5) is 8.78 Å². The van der Waals surface area contributed by atoms with Gasteiger partial charge in [0, 0.05) is 35.3 Å². The molecule has 2 N–H and O–H groups in total. The van der Waals surface area contributed by atoms with Crippen LogP contribution in [0.2, 0.25) is 0 Å². The number of aromatic nitrogens is 2. The third-order valence-corrected chi connectivity index (χ3v) is 8.53. The number of carboxylic acid groups (broad SMARTS) is 1. The third kappa shape index (κ3) is 10.9. The van der Waals surface area contributed by atoms with Crippen LogP contribution in [0.25, 0.3) is 0 Å². The van der Waals surface area contributed by atoms with Crippen molar-refractivity contribution in [1.82, 2.24) is 20.2 Å². The van der Waals surface area contributed by atoms with Crippen molar-refractivity contribution in [2.24, 2.45) is 5.92 Å². The number of nitrogens with one attached hydrogen (secondary N) is 1. The Balaban J connectivity index is 0.000000244. The van der Waals surface area contributed by atoms with Gasteiger partial charge in [-0.15, -0.1) is 23.5 Å². The van der Waals surface area contributed by atoms with Crippen LogP contribution in [0.5, 0.6) is 23.3 Å². The predicted molar refractivity (Wildman–Crippen MR) is 184 cm³/mol. The van der Waals surface area contributed by atoms with E-state index in [1.165, 1.54) is 11.8 Å². The zero-order valence-electron chi connectivity index (χ0n) is 27.3. The number of carboxylic acids is 1. The minimum absolute atomic E-state index is 0.0245. The molecule has 258 valence electrons. The molecule has 0 radical (unpaired) electrons. The SMILES string of the molecule is CSc1cccc(Oc2ncc(F)cc2C(=O)NC2CCN(C(=O)CC(C)C)C2)c1.CSc1cccc(Oc2ncc(F)cc2C(=O)O)c1. The predicted octanol–water partition coefficient (Wildman–Crippen LogP) is 7.54. The van der Waals surface area contributed by atoms with Gasteiger partial charge >= 0.3 is 5.97 Å². The van der Waals surface area contributed by atoms with Gasteiger partial charge in [-0.05, 0) is 73.4 Å². The number of amides is 2. The lowest BCUT2D eigenvalue weighted by Crippen LogP contribution is -2.38. The fourth-order valence-corrected chi connectivity index (χ4v) is 5.63. The Kier molecular flexibility index (Phi) is 13.4. The Labute approximate surface area is 291 Å². The minimum atomic E-state index is -1.29. The Morgan fingerprint density at radius 3 is 1.94 bits per heavy atom. The van der Waals surface area contributed by atoms with E-state index in [1.54, 1.807) is 40.9 Å². The van der Waals surface area contributed by atoms with Crippen LogP contribution in [0.3, 0.4) is 0 Å². The average molecular weight is 711 g/mol. The highest BCUT2D eigenvalue weighted by Gasteiger charge is 2.29. The summed E-state index contributed by atoms with van der Waals surface area (Å²) in [5.74, 6) is -1.85. The van der Waals surface area contributed by atoms with Gasteiger partial charge in [0.2, 0.25) is 17.7 Å². The van der Waals surface area contributed by atoms with Crippen LogP contribution >= 0.6 is 23.5 Å². The van der Waals surface area contributed by atoms with E-state index in [-0.39, 0.29) is 40.8 Å². The van der Waals surface area contributed by atoms with E-state index >= 15 is 0 Å². The largest absolute Gasteiger partial charge is 0.477 e. The summed E-state index contributed by atoms with van der Waals surface area (Å²) in [7, 11) is 0. The summed E-state index contributed by atoms with van der Waals surface area (Å²) < 4.78 is 38.0. The first kappa shape index (κ1) is 37.1. The van der Waals surface area contributed by atoms with Gasteiger partial charge in [-0.2, -0.15) is 0 Å². The lowest BCUT2D eigenvalue weighted by atomic mass is 10.1. The van der Waals surface area contributed by atoms with Crippen LogP contribution in [-0.4, -0.2) is 69.4 Å². The van der Waals surface area contributed by atoms with Gasteiger partial charge in [0.25, 0.3) is 5.91 Å². The number of likely N-dealkylation sites (tertiary alicyclic amines) is 1. The summed E-state index contributed by atoms with van der Waals surface area (Å²) in [4.78, 5) is 47.4. The molecule has 0 bridgehead atoms. The summed E-state index contributed by atoms with van der Waals surface area (Å²) >= 11 is 3.09. The number of hydrogen-bond donors (Lipinski definition) is 2. The normalized spacial score (nSPS) is 13.8. The molecular weight excluding hydrogens is 675 g/mol. The first-order valence-corrected chi connectivity index (χ1v) is 17.7. The molecule has 0 spiro atoms. The maximum atomic E-state index is 13.8. The van der Waals surface area contributed by atoms with Crippen LogP contribution in [0.1, 0.15) is 47.4 Å². The van der Waals surface area contributed by atoms with Crippen molar-refractivity contribution in [3.63, 3.8) is 0 Å². The van der Waals surface area contributed by atoms with Gasteiger partial charge < -0.3 is 24.8 Å². The molecule has 1 aliphatic rings. The molecular formula is C35H36F2N4O6S2. The van der Waals surface area contributed by atoms with Crippen LogP contribution < -0.4 is 14.8 Å². The van der Waals surface area contributed by atoms with Gasteiger partial charge in [0.1, 0.15) is 34.3 Å². The van der Waals surface area contributed by atoms with E-state index in [0.29, 0.717) is 37.4 Å². The number of carbonyl (C=O) groups is 3. The Morgan fingerprint density at radius 2 is 1.43 bits per heavy atom. The van der Waals surface area contributed by atoms with Crippen LogP contribution in [-0.2, 0) is 4.79 Å². The van der Waals surface area contributed by atoms with Crippen LogP contribution in [0.15, 0.2) is 82.8 Å². The number of carbonyl (C=O) groups excluding carboxylic acids is 2. The highest BCUT2D eigenvalue weighted by Crippen LogP contribution is 2.29. The second-order valence-electron chi connectivity index (χ2n) is 11.3. The Hall–Kier alpha value is -4.69. The number of rotatable bonds is 11. The quantitative estimate of drug-likeness (QED) is 0.151. The molecule has 1 aliphatic heterocycles. The van der Waals surface area contributed by atoms with Crippen molar-refractivity contribution in [2.75, 3.05) is 25.6 Å². The smallest absolute Gasteiger partial charge is 0.341 e. The molecule has 5 rings (SSSR count). The van der Waals surface area contributed by atoms with Crippen molar-refractivity contribution >= 4 is 41.3 Å². The number of ether oxygens (including phenoxy) is 2. The van der Waals surface area contributed by atoms with Crippen LogP contribution in [0, 0.1) is 17.6 Å². The topological polar surface area (TPSA) is 131 Å². The van der Waals surface area contributed by atoms with Gasteiger partial charge in [-0.3, -0.25) is 9.59 Å². The highest BCUT2D eigenvalue weighted by atomic mass is 32.2. The molecule has 1 fully saturated rings. The average Bonchev–Trinajstić information content (AvgIpc) is 3.55. The fourth-order valence-electron chi connectivity index (χ4n) is 4.73. The van der Waals surface area contributed by atoms with E-state index in [0.717, 1.165) is 34.3 Å². The zero-order chi connectivity index (χ0) is 35.5. The van der Waals surface area contributed by atoms with E-state index in [1.807, 2.05) is 50.6 Å². The molecule has 10 nitrogen and oxygen atoms in total. The maximum absolute atomic E-state index is 13.8. The maximum Gasteiger partial charge on any atom is 0.341 e. The molecule has 14 heteroatoms.